The second-order valence-electron chi connectivity index (χ2n) is 5.87. The number of hydrogen-bond donors (Lipinski definition) is 0. The number of benzene rings is 1. The van der Waals surface area contributed by atoms with E-state index < -0.39 is 27.8 Å². The maximum atomic E-state index is 12.5. The molecule has 1 aromatic carbocycles. The van der Waals surface area contributed by atoms with Gasteiger partial charge < -0.3 is 4.74 Å². The lowest BCUT2D eigenvalue weighted by molar-refractivity contribution is -0.387. The Balaban J connectivity index is 2.47. The molecule has 0 radical (unpaired) electrons. The highest BCUT2D eigenvalue weighted by atomic mass is 35.5. The van der Waals surface area contributed by atoms with E-state index in [9.17, 15) is 24.5 Å². The summed E-state index contributed by atoms with van der Waals surface area (Å²) in [5.74, 6) is -0.493. The second-order valence-corrected chi connectivity index (χ2v) is 6.31. The molecule has 1 heterocycles. The first-order chi connectivity index (χ1) is 13.2. The first-order valence-corrected chi connectivity index (χ1v) is 8.65. The third-order valence-corrected chi connectivity index (χ3v) is 4.10. The van der Waals surface area contributed by atoms with Crippen LogP contribution in [0.4, 0.5) is 5.69 Å². The molecular formula is C18H18ClN3O6. The molecule has 0 N–H and O–H groups in total. The quantitative estimate of drug-likeness (QED) is 0.301. The molecular weight excluding hydrogens is 390 g/mol. The molecule has 0 aliphatic carbocycles. The Labute approximate surface area is 164 Å². The minimum Gasteiger partial charge on any atom is -0.466 e. The zero-order chi connectivity index (χ0) is 20.8. The van der Waals surface area contributed by atoms with E-state index in [1.165, 1.54) is 26.1 Å². The van der Waals surface area contributed by atoms with Gasteiger partial charge in [0.1, 0.15) is 5.69 Å². The molecule has 148 valence electrons. The summed E-state index contributed by atoms with van der Waals surface area (Å²) in [6.07, 6.45) is 3.03. The second kappa shape index (κ2) is 9.14. The molecule has 10 heteroatoms. The van der Waals surface area contributed by atoms with E-state index in [2.05, 4.69) is 0 Å². The molecule has 0 aliphatic rings. The predicted molar refractivity (Wildman–Crippen MR) is 104 cm³/mol. The molecule has 0 aliphatic heterocycles. The molecule has 0 bridgehead atoms. The molecule has 0 unspecified atom stereocenters. The Hall–Kier alpha value is -3.20. The summed E-state index contributed by atoms with van der Waals surface area (Å²) in [7, 11) is 1.34. The van der Waals surface area contributed by atoms with E-state index in [1.807, 2.05) is 0 Å². The van der Waals surface area contributed by atoms with Crippen molar-refractivity contribution in [3.63, 3.8) is 0 Å². The number of hydrogen-bond acceptors (Lipinski definition) is 6. The van der Waals surface area contributed by atoms with Crippen LogP contribution in [-0.4, -0.2) is 26.6 Å². The van der Waals surface area contributed by atoms with Crippen molar-refractivity contribution in [1.82, 2.24) is 9.13 Å². The molecule has 0 amide bonds. The van der Waals surface area contributed by atoms with Crippen LogP contribution in [0.3, 0.4) is 0 Å². The van der Waals surface area contributed by atoms with Gasteiger partial charge in [-0.1, -0.05) is 29.8 Å². The fourth-order valence-corrected chi connectivity index (χ4v) is 2.75. The van der Waals surface area contributed by atoms with Crippen LogP contribution in [0.15, 0.2) is 33.9 Å². The molecule has 9 nitrogen and oxygen atoms in total. The fraction of sp³-hybridized carbons (Fsp3) is 0.278. The van der Waals surface area contributed by atoms with Crippen LogP contribution < -0.4 is 11.2 Å². The van der Waals surface area contributed by atoms with E-state index in [0.29, 0.717) is 10.6 Å². The Morgan fingerprint density at radius 2 is 2.04 bits per heavy atom. The van der Waals surface area contributed by atoms with Gasteiger partial charge in [-0.25, -0.2) is 4.79 Å². The smallest absolute Gasteiger partial charge is 0.357 e. The van der Waals surface area contributed by atoms with Gasteiger partial charge in [-0.15, -0.1) is 0 Å². The van der Waals surface area contributed by atoms with Crippen molar-refractivity contribution in [2.45, 2.75) is 19.9 Å². The highest BCUT2D eigenvalue weighted by Gasteiger charge is 2.24. The zero-order valence-electron chi connectivity index (χ0n) is 15.3. The van der Waals surface area contributed by atoms with E-state index in [4.69, 9.17) is 16.3 Å². The number of aromatic nitrogens is 2. The number of nitro groups is 1. The summed E-state index contributed by atoms with van der Waals surface area (Å²) in [5.41, 5.74) is -1.91. The van der Waals surface area contributed by atoms with Crippen LogP contribution in [0.5, 0.6) is 0 Å². The van der Waals surface area contributed by atoms with Gasteiger partial charge in [-0.3, -0.25) is 28.8 Å². The molecule has 2 rings (SSSR count). The van der Waals surface area contributed by atoms with Crippen LogP contribution in [0.1, 0.15) is 24.6 Å². The predicted octanol–water partition coefficient (Wildman–Crippen LogP) is 2.23. The number of rotatable bonds is 7. The van der Waals surface area contributed by atoms with Crippen LogP contribution in [0.2, 0.25) is 5.02 Å². The average Bonchev–Trinajstić information content (AvgIpc) is 2.62. The first-order valence-electron chi connectivity index (χ1n) is 8.27. The minimum absolute atomic E-state index is 0.00482. The summed E-state index contributed by atoms with van der Waals surface area (Å²) in [6, 6.07) is 6.74. The van der Waals surface area contributed by atoms with Crippen molar-refractivity contribution in [2.75, 3.05) is 6.61 Å². The molecule has 1 aromatic heterocycles. The summed E-state index contributed by atoms with van der Waals surface area (Å²) in [5, 5.41) is 12.0. The number of carbonyl (C=O) groups is 1. The van der Waals surface area contributed by atoms with E-state index >= 15 is 0 Å². The Kier molecular flexibility index (Phi) is 6.89. The van der Waals surface area contributed by atoms with Gasteiger partial charge in [-0.2, -0.15) is 0 Å². The van der Waals surface area contributed by atoms with Crippen molar-refractivity contribution in [2.24, 2.45) is 7.05 Å². The minimum atomic E-state index is -1.01. The normalized spacial score (nSPS) is 11.0. The van der Waals surface area contributed by atoms with Crippen molar-refractivity contribution in [3.8, 4) is 0 Å². The number of carbonyl (C=O) groups excluding carboxylic acids is 1. The Bertz CT molecular complexity index is 1050. The molecule has 28 heavy (non-hydrogen) atoms. The number of nitrogens with zero attached hydrogens (tertiary/aromatic N) is 3. The van der Waals surface area contributed by atoms with Crippen molar-refractivity contribution >= 4 is 35.4 Å². The van der Waals surface area contributed by atoms with Crippen molar-refractivity contribution in [1.29, 1.82) is 0 Å². The highest BCUT2D eigenvalue weighted by molar-refractivity contribution is 6.30. The Morgan fingerprint density at radius 3 is 2.64 bits per heavy atom. The van der Waals surface area contributed by atoms with Gasteiger partial charge in [-0.05, 0) is 30.2 Å². The van der Waals surface area contributed by atoms with Crippen molar-refractivity contribution < 1.29 is 14.5 Å². The SMILES string of the molecule is CC(=O)OCCCn1c(=O)c([N+](=O)[O-])c(/C=C/c2cccc(Cl)c2)n(C)c1=O. The maximum absolute atomic E-state index is 12.5. The largest absolute Gasteiger partial charge is 0.466 e. The lowest BCUT2D eigenvalue weighted by Gasteiger charge is -2.10. The average molecular weight is 408 g/mol. The number of ether oxygens (including phenoxy) is 1. The molecule has 0 spiro atoms. The van der Waals surface area contributed by atoms with Gasteiger partial charge in [0.15, 0.2) is 0 Å². The van der Waals surface area contributed by atoms with Gasteiger partial charge in [0.05, 0.1) is 11.5 Å². The summed E-state index contributed by atoms with van der Waals surface area (Å²) in [4.78, 5) is 46.5. The summed E-state index contributed by atoms with van der Waals surface area (Å²) in [6.45, 7) is 1.12. The third kappa shape index (κ3) is 4.95. The van der Waals surface area contributed by atoms with Crippen LogP contribution in [-0.2, 0) is 23.1 Å². The van der Waals surface area contributed by atoms with E-state index in [-0.39, 0.29) is 25.3 Å². The highest BCUT2D eigenvalue weighted by Crippen LogP contribution is 2.17. The topological polar surface area (TPSA) is 113 Å². The number of halogens is 1. The third-order valence-electron chi connectivity index (χ3n) is 3.87. The van der Waals surface area contributed by atoms with Gasteiger partial charge >= 0.3 is 22.9 Å². The van der Waals surface area contributed by atoms with E-state index in [1.54, 1.807) is 24.3 Å². The zero-order valence-corrected chi connectivity index (χ0v) is 16.0. The van der Waals surface area contributed by atoms with E-state index in [0.717, 1.165) is 9.13 Å². The fourth-order valence-electron chi connectivity index (χ4n) is 2.55. The number of esters is 1. The molecule has 2 aromatic rings. The van der Waals surface area contributed by atoms with Crippen LogP contribution in [0, 0.1) is 10.1 Å². The summed E-state index contributed by atoms with van der Waals surface area (Å²) < 4.78 is 6.55. The van der Waals surface area contributed by atoms with Gasteiger partial charge in [0.2, 0.25) is 0 Å². The molecule has 0 saturated carbocycles. The maximum Gasteiger partial charge on any atom is 0.357 e. The summed E-state index contributed by atoms with van der Waals surface area (Å²) >= 11 is 5.91. The van der Waals surface area contributed by atoms with Crippen molar-refractivity contribution in [3.05, 3.63) is 71.5 Å². The van der Waals surface area contributed by atoms with Gasteiger partial charge in [0, 0.05) is 25.5 Å². The monoisotopic (exact) mass is 407 g/mol. The van der Waals surface area contributed by atoms with Crippen LogP contribution >= 0.6 is 11.6 Å². The standard InChI is InChI=1S/C18H18ClN3O6/c1-12(23)28-10-4-9-21-17(24)16(22(26)27)15(20(2)18(21)25)8-7-13-5-3-6-14(19)11-13/h3,5-8,11H,4,9-10H2,1-2H3/b8-7+. The lowest BCUT2D eigenvalue weighted by Crippen LogP contribution is -2.41. The van der Waals surface area contributed by atoms with Crippen LogP contribution in [0.25, 0.3) is 12.2 Å². The molecule has 0 saturated heterocycles. The Morgan fingerprint density at radius 1 is 1.32 bits per heavy atom. The lowest BCUT2D eigenvalue weighted by atomic mass is 10.2. The first kappa shape index (κ1) is 21.1. The molecule has 0 fully saturated rings. The molecule has 0 atom stereocenters. The van der Waals surface area contributed by atoms with Gasteiger partial charge in [0.25, 0.3) is 0 Å².